The molecule has 3 nitrogen and oxygen atoms in total. The smallest absolute Gasteiger partial charge is 0.256 e. The Morgan fingerprint density at radius 2 is 1.88 bits per heavy atom. The molecule has 0 aliphatic carbocycles. The Morgan fingerprint density at radius 3 is 2.47 bits per heavy atom. The van der Waals surface area contributed by atoms with Gasteiger partial charge >= 0.3 is 0 Å². The highest BCUT2D eigenvalue weighted by Gasteiger charge is 2.11. The first-order chi connectivity index (χ1) is 8.19. The molecule has 0 saturated heterocycles. The van der Waals surface area contributed by atoms with Crippen molar-refractivity contribution in [3.05, 3.63) is 49.1 Å². The summed E-state index contributed by atoms with van der Waals surface area (Å²) < 4.78 is 10.7. The lowest BCUT2D eigenvalue weighted by Gasteiger charge is -2.10. The summed E-state index contributed by atoms with van der Waals surface area (Å²) in [6.07, 6.45) is 3.21. The van der Waals surface area contributed by atoms with Crippen molar-refractivity contribution >= 4 is 16.8 Å². The fraction of sp³-hybridized carbons (Fsp3) is 0.154. The van der Waals surface area contributed by atoms with E-state index >= 15 is 0 Å². The summed E-state index contributed by atoms with van der Waals surface area (Å²) in [6, 6.07) is 4.83. The number of benzene rings is 1. The van der Waals surface area contributed by atoms with E-state index in [0.29, 0.717) is 30.3 Å². The SMILES string of the molecule is C=CCOc1ccc(C(=O)Cl)c(OCC=C)c1. The van der Waals surface area contributed by atoms with Crippen molar-refractivity contribution in [3.63, 3.8) is 0 Å². The molecule has 0 aliphatic rings. The normalized spacial score (nSPS) is 9.47. The number of carbonyl (C=O) groups excluding carboxylic acids is 1. The number of halogens is 1. The van der Waals surface area contributed by atoms with Crippen LogP contribution in [0.15, 0.2) is 43.5 Å². The van der Waals surface area contributed by atoms with Gasteiger partial charge < -0.3 is 9.47 Å². The second-order valence-corrected chi connectivity index (χ2v) is 3.47. The van der Waals surface area contributed by atoms with Gasteiger partial charge in [0.15, 0.2) is 0 Å². The monoisotopic (exact) mass is 252 g/mol. The molecular formula is C13H13ClO3. The third kappa shape index (κ3) is 3.96. The van der Waals surface area contributed by atoms with E-state index in [4.69, 9.17) is 21.1 Å². The molecule has 4 heteroatoms. The minimum Gasteiger partial charge on any atom is -0.489 e. The molecule has 0 unspecified atom stereocenters. The summed E-state index contributed by atoms with van der Waals surface area (Å²) >= 11 is 5.44. The number of hydrogen-bond donors (Lipinski definition) is 0. The van der Waals surface area contributed by atoms with E-state index in [2.05, 4.69) is 13.2 Å². The van der Waals surface area contributed by atoms with Crippen LogP contribution in [0.5, 0.6) is 11.5 Å². The van der Waals surface area contributed by atoms with Gasteiger partial charge in [-0.1, -0.05) is 25.3 Å². The lowest BCUT2D eigenvalue weighted by Crippen LogP contribution is -2.01. The quantitative estimate of drug-likeness (QED) is 0.552. The van der Waals surface area contributed by atoms with Crippen LogP contribution in [-0.4, -0.2) is 18.5 Å². The first-order valence-electron chi connectivity index (χ1n) is 5.00. The van der Waals surface area contributed by atoms with Gasteiger partial charge in [-0.2, -0.15) is 0 Å². The Balaban J connectivity index is 2.95. The molecule has 0 heterocycles. The fourth-order valence-electron chi connectivity index (χ4n) is 1.18. The Bertz CT molecular complexity index is 427. The highest BCUT2D eigenvalue weighted by Crippen LogP contribution is 2.26. The van der Waals surface area contributed by atoms with Gasteiger partial charge in [-0.05, 0) is 23.7 Å². The molecule has 1 aromatic carbocycles. The Kier molecular flexibility index (Phi) is 5.30. The van der Waals surface area contributed by atoms with Crippen LogP contribution < -0.4 is 9.47 Å². The van der Waals surface area contributed by atoms with Crippen LogP contribution >= 0.6 is 11.6 Å². The molecule has 0 radical (unpaired) electrons. The van der Waals surface area contributed by atoms with E-state index in [-0.39, 0.29) is 0 Å². The molecule has 0 fully saturated rings. The highest BCUT2D eigenvalue weighted by atomic mass is 35.5. The van der Waals surface area contributed by atoms with Crippen LogP contribution in [0.25, 0.3) is 0 Å². The summed E-state index contributed by atoms with van der Waals surface area (Å²) in [7, 11) is 0. The molecule has 0 N–H and O–H groups in total. The van der Waals surface area contributed by atoms with E-state index in [1.54, 1.807) is 30.4 Å². The molecule has 0 amide bonds. The summed E-state index contributed by atoms with van der Waals surface area (Å²) in [4.78, 5) is 11.2. The average molecular weight is 253 g/mol. The first-order valence-corrected chi connectivity index (χ1v) is 5.38. The van der Waals surface area contributed by atoms with Crippen LogP contribution in [-0.2, 0) is 0 Å². The molecular weight excluding hydrogens is 240 g/mol. The van der Waals surface area contributed by atoms with Crippen molar-refractivity contribution in [1.29, 1.82) is 0 Å². The minimum atomic E-state index is -0.570. The lowest BCUT2D eigenvalue weighted by molar-refractivity contribution is 0.107. The average Bonchev–Trinajstić information content (AvgIpc) is 2.33. The molecule has 17 heavy (non-hydrogen) atoms. The van der Waals surface area contributed by atoms with Crippen LogP contribution in [0.2, 0.25) is 0 Å². The van der Waals surface area contributed by atoms with Gasteiger partial charge in [-0.3, -0.25) is 4.79 Å². The van der Waals surface area contributed by atoms with Crippen LogP contribution in [0, 0.1) is 0 Å². The molecule has 1 rings (SSSR count). The van der Waals surface area contributed by atoms with Gasteiger partial charge in [-0.15, -0.1) is 0 Å². The highest BCUT2D eigenvalue weighted by molar-refractivity contribution is 6.68. The van der Waals surface area contributed by atoms with Gasteiger partial charge in [0.2, 0.25) is 0 Å². The van der Waals surface area contributed by atoms with E-state index in [1.807, 2.05) is 0 Å². The summed E-state index contributed by atoms with van der Waals surface area (Å²) in [5, 5.41) is -0.570. The van der Waals surface area contributed by atoms with E-state index in [1.165, 1.54) is 0 Å². The van der Waals surface area contributed by atoms with Gasteiger partial charge in [0, 0.05) is 6.07 Å². The molecule has 0 spiro atoms. The molecule has 0 aliphatic heterocycles. The number of rotatable bonds is 7. The zero-order chi connectivity index (χ0) is 12.7. The second-order valence-electron chi connectivity index (χ2n) is 3.13. The van der Waals surface area contributed by atoms with Gasteiger partial charge in [-0.25, -0.2) is 0 Å². The maximum Gasteiger partial charge on any atom is 0.256 e. The third-order valence-corrected chi connectivity index (χ3v) is 2.09. The Morgan fingerprint density at radius 1 is 1.24 bits per heavy atom. The second kappa shape index (κ2) is 6.76. The number of ether oxygens (including phenoxy) is 2. The Labute approximate surface area is 105 Å². The van der Waals surface area contributed by atoms with E-state index in [0.717, 1.165) is 0 Å². The van der Waals surface area contributed by atoms with Crippen molar-refractivity contribution in [1.82, 2.24) is 0 Å². The fourth-order valence-corrected chi connectivity index (χ4v) is 1.33. The summed E-state index contributed by atoms with van der Waals surface area (Å²) in [6.45, 7) is 7.76. The molecule has 90 valence electrons. The van der Waals surface area contributed by atoms with Gasteiger partial charge in [0.05, 0.1) is 5.56 Å². The summed E-state index contributed by atoms with van der Waals surface area (Å²) in [5.74, 6) is 0.970. The third-order valence-electron chi connectivity index (χ3n) is 1.89. The topological polar surface area (TPSA) is 35.5 Å². The maximum atomic E-state index is 11.2. The predicted molar refractivity (Wildman–Crippen MR) is 68.0 cm³/mol. The van der Waals surface area contributed by atoms with Crippen molar-refractivity contribution in [2.75, 3.05) is 13.2 Å². The lowest BCUT2D eigenvalue weighted by atomic mass is 10.2. The van der Waals surface area contributed by atoms with Gasteiger partial charge in [0.25, 0.3) is 5.24 Å². The predicted octanol–water partition coefficient (Wildman–Crippen LogP) is 3.20. The van der Waals surface area contributed by atoms with Crippen LogP contribution in [0.1, 0.15) is 10.4 Å². The van der Waals surface area contributed by atoms with Gasteiger partial charge in [0.1, 0.15) is 24.7 Å². The molecule has 0 atom stereocenters. The molecule has 0 saturated carbocycles. The zero-order valence-corrected chi connectivity index (χ0v) is 10.1. The van der Waals surface area contributed by atoms with Crippen LogP contribution in [0.3, 0.4) is 0 Å². The zero-order valence-electron chi connectivity index (χ0n) is 9.32. The molecule has 1 aromatic rings. The standard InChI is InChI=1S/C13H13ClO3/c1-3-7-16-10-5-6-11(13(14)15)12(9-10)17-8-4-2/h3-6,9H,1-2,7-8H2. The van der Waals surface area contributed by atoms with Crippen molar-refractivity contribution in [2.24, 2.45) is 0 Å². The van der Waals surface area contributed by atoms with Crippen molar-refractivity contribution in [2.45, 2.75) is 0 Å². The van der Waals surface area contributed by atoms with Crippen LogP contribution in [0.4, 0.5) is 0 Å². The van der Waals surface area contributed by atoms with E-state index < -0.39 is 5.24 Å². The number of hydrogen-bond acceptors (Lipinski definition) is 3. The number of carbonyl (C=O) groups is 1. The molecule has 0 aromatic heterocycles. The summed E-state index contributed by atoms with van der Waals surface area (Å²) in [5.41, 5.74) is 0.305. The van der Waals surface area contributed by atoms with Crippen molar-refractivity contribution < 1.29 is 14.3 Å². The first kappa shape index (κ1) is 13.3. The minimum absolute atomic E-state index is 0.294. The molecule has 0 bridgehead atoms. The maximum absolute atomic E-state index is 11.2. The van der Waals surface area contributed by atoms with E-state index in [9.17, 15) is 4.79 Å². The van der Waals surface area contributed by atoms with Crippen molar-refractivity contribution in [3.8, 4) is 11.5 Å². The largest absolute Gasteiger partial charge is 0.489 e. The Hall–Kier alpha value is -1.74.